The number of ketones is 1. The van der Waals surface area contributed by atoms with Crippen LogP contribution in [0.25, 0.3) is 0 Å². The molecule has 0 aliphatic carbocycles. The summed E-state index contributed by atoms with van der Waals surface area (Å²) in [6.07, 6.45) is -5.03. The van der Waals surface area contributed by atoms with Gasteiger partial charge in [0.15, 0.2) is 0 Å². The first kappa shape index (κ1) is 10.4. The van der Waals surface area contributed by atoms with Crippen molar-refractivity contribution in [3.8, 4) is 5.75 Å². The number of halogens is 3. The highest BCUT2D eigenvalue weighted by atomic mass is 19.4. The summed E-state index contributed by atoms with van der Waals surface area (Å²) in [5, 5.41) is 9.02. The van der Waals surface area contributed by atoms with Crippen molar-refractivity contribution in [1.29, 1.82) is 0 Å². The minimum absolute atomic E-state index is 0.396. The maximum absolute atomic E-state index is 12.0. The molecule has 0 amide bonds. The van der Waals surface area contributed by atoms with E-state index in [-0.39, 0.29) is 0 Å². The molecule has 6 heteroatoms. The third kappa shape index (κ3) is 1.78. The Labute approximate surface area is 77.0 Å². The lowest BCUT2D eigenvalue weighted by Gasteiger charge is -2.08. The lowest BCUT2D eigenvalue weighted by molar-refractivity contribution is -0.0886. The Hall–Kier alpha value is -1.72. The van der Waals surface area contributed by atoms with Crippen LogP contribution >= 0.6 is 0 Å². The Morgan fingerprint density at radius 3 is 2.36 bits per heavy atom. The maximum atomic E-state index is 12.0. The summed E-state index contributed by atoms with van der Waals surface area (Å²) in [6.45, 7) is 0. The minimum Gasteiger partial charge on any atom is -0.507 e. The van der Waals surface area contributed by atoms with Crippen molar-refractivity contribution >= 4 is 11.5 Å². The molecule has 0 aliphatic rings. The smallest absolute Gasteiger partial charge is 0.455 e. The van der Waals surface area contributed by atoms with E-state index in [4.69, 9.17) is 10.8 Å². The highest BCUT2D eigenvalue weighted by molar-refractivity contribution is 6.06. The van der Waals surface area contributed by atoms with E-state index in [0.717, 1.165) is 12.1 Å². The van der Waals surface area contributed by atoms with Crippen molar-refractivity contribution in [2.24, 2.45) is 0 Å². The number of nitrogens with two attached hydrogens (primary N) is 1. The number of nitrogen functional groups attached to an aromatic ring is 1. The van der Waals surface area contributed by atoms with E-state index in [1.807, 2.05) is 0 Å². The number of rotatable bonds is 1. The fraction of sp³-hybridized carbons (Fsp3) is 0.125. The molecule has 1 aromatic rings. The summed E-state index contributed by atoms with van der Waals surface area (Å²) in [4.78, 5) is 10.7. The SMILES string of the molecule is Nc1cccc(O)c1C(=O)C(F)(F)F. The first-order valence-corrected chi connectivity index (χ1v) is 3.53. The summed E-state index contributed by atoms with van der Waals surface area (Å²) >= 11 is 0. The van der Waals surface area contributed by atoms with E-state index in [1.54, 1.807) is 0 Å². The van der Waals surface area contributed by atoms with Crippen LogP contribution in [0, 0.1) is 0 Å². The molecule has 1 aromatic carbocycles. The van der Waals surface area contributed by atoms with Gasteiger partial charge in [-0.2, -0.15) is 13.2 Å². The van der Waals surface area contributed by atoms with Gasteiger partial charge in [0.2, 0.25) is 0 Å². The van der Waals surface area contributed by atoms with Crippen LogP contribution in [-0.2, 0) is 0 Å². The van der Waals surface area contributed by atoms with Gasteiger partial charge in [-0.25, -0.2) is 0 Å². The van der Waals surface area contributed by atoms with Crippen molar-refractivity contribution in [2.75, 3.05) is 5.73 Å². The van der Waals surface area contributed by atoms with Gasteiger partial charge in [-0.3, -0.25) is 4.79 Å². The quantitative estimate of drug-likeness (QED) is 0.542. The molecule has 0 saturated heterocycles. The average molecular weight is 205 g/mol. The predicted octanol–water partition coefficient (Wildman–Crippen LogP) is 1.72. The largest absolute Gasteiger partial charge is 0.507 e. The lowest BCUT2D eigenvalue weighted by atomic mass is 10.1. The number of carbonyl (C=O) groups excluding carboxylic acids is 1. The Bertz CT molecular complexity index is 353. The molecule has 0 fully saturated rings. The fourth-order valence-electron chi connectivity index (χ4n) is 0.947. The van der Waals surface area contributed by atoms with E-state index < -0.39 is 29.0 Å². The lowest BCUT2D eigenvalue weighted by Crippen LogP contribution is -2.23. The highest BCUT2D eigenvalue weighted by Crippen LogP contribution is 2.30. The minimum atomic E-state index is -5.03. The van der Waals surface area contributed by atoms with E-state index in [9.17, 15) is 18.0 Å². The predicted molar refractivity (Wildman–Crippen MR) is 42.9 cm³/mol. The maximum Gasteiger partial charge on any atom is 0.455 e. The molecule has 0 radical (unpaired) electrons. The van der Waals surface area contributed by atoms with Crippen LogP contribution in [0.3, 0.4) is 0 Å². The topological polar surface area (TPSA) is 63.3 Å². The number of phenols is 1. The molecule has 76 valence electrons. The molecule has 0 bridgehead atoms. The Morgan fingerprint density at radius 2 is 1.93 bits per heavy atom. The number of alkyl halides is 3. The van der Waals surface area contributed by atoms with E-state index in [1.165, 1.54) is 6.07 Å². The van der Waals surface area contributed by atoms with Crippen LogP contribution in [0.4, 0.5) is 18.9 Å². The van der Waals surface area contributed by atoms with Crippen LogP contribution in [0.1, 0.15) is 10.4 Å². The van der Waals surface area contributed by atoms with E-state index in [2.05, 4.69) is 0 Å². The van der Waals surface area contributed by atoms with Crippen LogP contribution in [0.2, 0.25) is 0 Å². The molecule has 1 rings (SSSR count). The number of anilines is 1. The summed E-state index contributed by atoms with van der Waals surface area (Å²) in [5.74, 6) is -2.92. The van der Waals surface area contributed by atoms with Gasteiger partial charge in [-0.05, 0) is 12.1 Å². The van der Waals surface area contributed by atoms with Gasteiger partial charge in [0.05, 0.1) is 5.56 Å². The zero-order valence-corrected chi connectivity index (χ0v) is 6.80. The first-order chi connectivity index (χ1) is 6.34. The second kappa shape index (κ2) is 3.21. The third-order valence-electron chi connectivity index (χ3n) is 1.56. The fourth-order valence-corrected chi connectivity index (χ4v) is 0.947. The zero-order chi connectivity index (χ0) is 10.9. The van der Waals surface area contributed by atoms with Gasteiger partial charge in [0.25, 0.3) is 5.78 Å². The van der Waals surface area contributed by atoms with Crippen molar-refractivity contribution in [1.82, 2.24) is 0 Å². The molecule has 3 nitrogen and oxygen atoms in total. The number of benzene rings is 1. The van der Waals surface area contributed by atoms with Gasteiger partial charge < -0.3 is 10.8 Å². The molecular formula is C8H6F3NO2. The van der Waals surface area contributed by atoms with Crippen molar-refractivity contribution < 1.29 is 23.1 Å². The van der Waals surface area contributed by atoms with Crippen LogP contribution in [0.5, 0.6) is 5.75 Å². The first-order valence-electron chi connectivity index (χ1n) is 3.53. The van der Waals surface area contributed by atoms with Crippen molar-refractivity contribution in [3.63, 3.8) is 0 Å². The van der Waals surface area contributed by atoms with Gasteiger partial charge in [0.1, 0.15) is 5.75 Å². The van der Waals surface area contributed by atoms with Crippen molar-refractivity contribution in [2.45, 2.75) is 6.18 Å². The zero-order valence-electron chi connectivity index (χ0n) is 6.80. The second-order valence-electron chi connectivity index (χ2n) is 2.57. The Morgan fingerprint density at radius 1 is 1.36 bits per heavy atom. The normalized spacial score (nSPS) is 11.4. The number of carbonyl (C=O) groups is 1. The van der Waals surface area contributed by atoms with E-state index in [0.29, 0.717) is 0 Å². The number of hydrogen-bond donors (Lipinski definition) is 2. The van der Waals surface area contributed by atoms with E-state index >= 15 is 0 Å². The van der Waals surface area contributed by atoms with Crippen LogP contribution in [-0.4, -0.2) is 17.1 Å². The third-order valence-corrected chi connectivity index (χ3v) is 1.56. The number of hydrogen-bond acceptors (Lipinski definition) is 3. The van der Waals surface area contributed by atoms with Crippen LogP contribution < -0.4 is 5.73 Å². The molecule has 0 aromatic heterocycles. The monoisotopic (exact) mass is 205 g/mol. The summed E-state index contributed by atoms with van der Waals surface area (Å²) in [5.41, 5.74) is 3.84. The van der Waals surface area contributed by atoms with Gasteiger partial charge in [-0.1, -0.05) is 6.07 Å². The average Bonchev–Trinajstić information content (AvgIpc) is 2.01. The number of aromatic hydroxyl groups is 1. The molecule has 0 aliphatic heterocycles. The molecule has 0 heterocycles. The summed E-state index contributed by atoms with van der Waals surface area (Å²) in [6, 6.07) is 3.33. The molecule has 14 heavy (non-hydrogen) atoms. The summed E-state index contributed by atoms with van der Waals surface area (Å²) in [7, 11) is 0. The molecule has 0 atom stereocenters. The van der Waals surface area contributed by atoms with Gasteiger partial charge in [0, 0.05) is 5.69 Å². The summed E-state index contributed by atoms with van der Waals surface area (Å²) < 4.78 is 35.9. The highest BCUT2D eigenvalue weighted by Gasteiger charge is 2.41. The molecular weight excluding hydrogens is 199 g/mol. The van der Waals surface area contributed by atoms with Gasteiger partial charge in [-0.15, -0.1) is 0 Å². The van der Waals surface area contributed by atoms with Crippen molar-refractivity contribution in [3.05, 3.63) is 23.8 Å². The molecule has 0 spiro atoms. The molecule has 3 N–H and O–H groups in total. The Balaban J connectivity index is 3.26. The molecule has 0 saturated carbocycles. The Kier molecular flexibility index (Phi) is 2.37. The van der Waals surface area contributed by atoms with Gasteiger partial charge >= 0.3 is 6.18 Å². The number of Topliss-reactive ketones (excluding diaryl/α,β-unsaturated/α-hetero) is 1. The number of phenolic OH excluding ortho intramolecular Hbond substituents is 1. The second-order valence-corrected chi connectivity index (χ2v) is 2.57. The molecule has 0 unspecified atom stereocenters. The van der Waals surface area contributed by atoms with Crippen LogP contribution in [0.15, 0.2) is 18.2 Å². The standard InChI is InChI=1S/C8H6F3NO2/c9-8(10,11)7(14)6-4(12)2-1-3-5(6)13/h1-3,13H,12H2.